The number of unbranched alkanes of at least 4 members (excludes halogenated alkanes) is 1. The molecule has 1 atom stereocenters. The Bertz CT molecular complexity index is 426. The van der Waals surface area contributed by atoms with Crippen molar-refractivity contribution in [3.05, 3.63) is 24.3 Å². The third-order valence-electron chi connectivity index (χ3n) is 2.33. The van der Waals surface area contributed by atoms with Gasteiger partial charge in [0.15, 0.2) is 6.10 Å². The van der Waals surface area contributed by atoms with Gasteiger partial charge in [0.2, 0.25) is 0 Å². The summed E-state index contributed by atoms with van der Waals surface area (Å²) in [5.41, 5.74) is 0.192. The molecule has 0 amide bonds. The first-order chi connectivity index (χ1) is 10.4. The van der Waals surface area contributed by atoms with E-state index in [0.29, 0.717) is 0 Å². The van der Waals surface area contributed by atoms with Gasteiger partial charge in [-0.15, -0.1) is 0 Å². The first-order valence-corrected chi connectivity index (χ1v) is 6.89. The second kappa shape index (κ2) is 11.5. The third-order valence-corrected chi connectivity index (χ3v) is 2.33. The van der Waals surface area contributed by atoms with E-state index in [-0.39, 0.29) is 18.8 Å². The molecule has 1 unspecified atom stereocenters. The van der Waals surface area contributed by atoms with E-state index < -0.39 is 30.6 Å². The molecule has 124 valence electrons. The fourth-order valence-corrected chi connectivity index (χ4v) is 1.12. The van der Waals surface area contributed by atoms with E-state index in [2.05, 4.69) is 6.58 Å². The SMILES string of the molecule is C=C(C)C(=O)OCC(CO)OC(=O)/C=C\C(=O)OCCCC. The Labute approximate surface area is 129 Å². The molecule has 7 nitrogen and oxygen atoms in total. The highest BCUT2D eigenvalue weighted by Gasteiger charge is 2.15. The molecule has 1 N–H and O–H groups in total. The van der Waals surface area contributed by atoms with Crippen LogP contribution in [-0.2, 0) is 28.6 Å². The van der Waals surface area contributed by atoms with Crippen LogP contribution in [0.5, 0.6) is 0 Å². The monoisotopic (exact) mass is 314 g/mol. The maximum atomic E-state index is 11.4. The highest BCUT2D eigenvalue weighted by Crippen LogP contribution is 1.99. The number of aliphatic hydroxyl groups is 1. The maximum Gasteiger partial charge on any atom is 0.333 e. The van der Waals surface area contributed by atoms with Gasteiger partial charge in [-0.1, -0.05) is 19.9 Å². The number of esters is 3. The molecular weight excluding hydrogens is 292 g/mol. The summed E-state index contributed by atoms with van der Waals surface area (Å²) in [6, 6.07) is 0. The van der Waals surface area contributed by atoms with Crippen molar-refractivity contribution < 1.29 is 33.7 Å². The molecule has 22 heavy (non-hydrogen) atoms. The second-order valence-corrected chi connectivity index (χ2v) is 4.47. The molecule has 0 aromatic carbocycles. The van der Waals surface area contributed by atoms with Crippen LogP contribution in [0.4, 0.5) is 0 Å². The summed E-state index contributed by atoms with van der Waals surface area (Å²) in [4.78, 5) is 33.8. The lowest BCUT2D eigenvalue weighted by Crippen LogP contribution is -2.28. The molecule has 0 rings (SSSR count). The molecular formula is C15H22O7. The Balaban J connectivity index is 4.17. The van der Waals surface area contributed by atoms with Crippen molar-refractivity contribution in [1.29, 1.82) is 0 Å². The number of hydrogen-bond donors (Lipinski definition) is 1. The first-order valence-electron chi connectivity index (χ1n) is 6.89. The Morgan fingerprint density at radius 1 is 1.18 bits per heavy atom. The zero-order valence-electron chi connectivity index (χ0n) is 12.9. The highest BCUT2D eigenvalue weighted by molar-refractivity contribution is 5.91. The quantitative estimate of drug-likeness (QED) is 0.277. The number of carbonyl (C=O) groups excluding carboxylic acids is 3. The van der Waals surface area contributed by atoms with E-state index in [1.165, 1.54) is 6.92 Å². The summed E-state index contributed by atoms with van der Waals surface area (Å²) in [6.45, 7) is 6.27. The number of rotatable bonds is 10. The Morgan fingerprint density at radius 3 is 2.36 bits per heavy atom. The number of hydrogen-bond acceptors (Lipinski definition) is 7. The van der Waals surface area contributed by atoms with Crippen LogP contribution in [0.2, 0.25) is 0 Å². The summed E-state index contributed by atoms with van der Waals surface area (Å²) >= 11 is 0. The summed E-state index contributed by atoms with van der Waals surface area (Å²) in [5.74, 6) is -2.15. The van der Waals surface area contributed by atoms with Gasteiger partial charge in [0.25, 0.3) is 0 Å². The molecule has 7 heteroatoms. The van der Waals surface area contributed by atoms with Gasteiger partial charge in [0.1, 0.15) is 6.61 Å². The lowest BCUT2D eigenvalue weighted by atomic mass is 10.3. The minimum atomic E-state index is -1.02. The highest BCUT2D eigenvalue weighted by atomic mass is 16.6. The van der Waals surface area contributed by atoms with Gasteiger partial charge < -0.3 is 19.3 Å². The van der Waals surface area contributed by atoms with Crippen LogP contribution in [0.1, 0.15) is 26.7 Å². The van der Waals surface area contributed by atoms with Crippen LogP contribution in [0.25, 0.3) is 0 Å². The van der Waals surface area contributed by atoms with Crippen molar-refractivity contribution in [2.75, 3.05) is 19.8 Å². The molecule has 0 aliphatic carbocycles. The molecule has 0 saturated carbocycles. The molecule has 0 saturated heterocycles. The second-order valence-electron chi connectivity index (χ2n) is 4.47. The third kappa shape index (κ3) is 9.71. The van der Waals surface area contributed by atoms with Crippen LogP contribution in [-0.4, -0.2) is 48.9 Å². The summed E-state index contributed by atoms with van der Waals surface area (Å²) in [5, 5.41) is 9.04. The van der Waals surface area contributed by atoms with Crippen molar-refractivity contribution in [2.24, 2.45) is 0 Å². The molecule has 0 spiro atoms. The van der Waals surface area contributed by atoms with E-state index in [1.54, 1.807) is 0 Å². The van der Waals surface area contributed by atoms with Gasteiger partial charge >= 0.3 is 17.9 Å². The van der Waals surface area contributed by atoms with Crippen LogP contribution in [0, 0.1) is 0 Å². The molecule has 0 aliphatic heterocycles. The van der Waals surface area contributed by atoms with E-state index in [0.717, 1.165) is 25.0 Å². The van der Waals surface area contributed by atoms with Crippen molar-refractivity contribution in [1.82, 2.24) is 0 Å². The van der Waals surface area contributed by atoms with Crippen LogP contribution >= 0.6 is 0 Å². The Kier molecular flexibility index (Phi) is 10.4. The van der Waals surface area contributed by atoms with Gasteiger partial charge in [0.05, 0.1) is 13.2 Å². The van der Waals surface area contributed by atoms with Crippen molar-refractivity contribution >= 4 is 17.9 Å². The Hall–Kier alpha value is -2.15. The molecule has 0 aromatic heterocycles. The standard InChI is InChI=1S/C15H22O7/c1-4-5-8-20-13(17)6-7-14(18)22-12(9-16)10-21-15(19)11(2)3/h6-7,12,16H,2,4-5,8-10H2,1,3H3/b7-6-. The average molecular weight is 314 g/mol. The topological polar surface area (TPSA) is 99.1 Å². The minimum Gasteiger partial charge on any atom is -0.463 e. The molecule has 0 heterocycles. The molecule has 0 aliphatic rings. The smallest absolute Gasteiger partial charge is 0.333 e. The lowest BCUT2D eigenvalue weighted by molar-refractivity contribution is -0.155. The average Bonchev–Trinajstić information content (AvgIpc) is 2.49. The van der Waals surface area contributed by atoms with Crippen molar-refractivity contribution in [2.45, 2.75) is 32.8 Å². The van der Waals surface area contributed by atoms with Gasteiger partial charge in [-0.25, -0.2) is 14.4 Å². The first kappa shape index (κ1) is 19.9. The Morgan fingerprint density at radius 2 is 1.82 bits per heavy atom. The van der Waals surface area contributed by atoms with Crippen molar-refractivity contribution in [3.8, 4) is 0 Å². The molecule has 0 aromatic rings. The van der Waals surface area contributed by atoms with E-state index in [1.807, 2.05) is 6.92 Å². The van der Waals surface area contributed by atoms with Gasteiger partial charge in [-0.05, 0) is 13.3 Å². The van der Waals surface area contributed by atoms with Crippen LogP contribution in [0.15, 0.2) is 24.3 Å². The van der Waals surface area contributed by atoms with Crippen LogP contribution in [0.3, 0.4) is 0 Å². The van der Waals surface area contributed by atoms with E-state index >= 15 is 0 Å². The zero-order chi connectivity index (χ0) is 17.0. The van der Waals surface area contributed by atoms with Gasteiger partial charge in [-0.3, -0.25) is 0 Å². The number of aliphatic hydroxyl groups excluding tert-OH is 1. The van der Waals surface area contributed by atoms with Crippen molar-refractivity contribution in [3.63, 3.8) is 0 Å². The molecule has 0 fully saturated rings. The lowest BCUT2D eigenvalue weighted by Gasteiger charge is -2.14. The van der Waals surface area contributed by atoms with Gasteiger partial charge in [0, 0.05) is 17.7 Å². The zero-order valence-corrected chi connectivity index (χ0v) is 12.9. The number of ether oxygens (including phenoxy) is 3. The van der Waals surface area contributed by atoms with E-state index in [4.69, 9.17) is 19.3 Å². The van der Waals surface area contributed by atoms with Gasteiger partial charge in [-0.2, -0.15) is 0 Å². The maximum absolute atomic E-state index is 11.4. The fraction of sp³-hybridized carbons (Fsp3) is 0.533. The predicted octanol–water partition coefficient (Wildman–Crippen LogP) is 0.909. The fourth-order valence-electron chi connectivity index (χ4n) is 1.12. The summed E-state index contributed by atoms with van der Waals surface area (Å²) < 4.78 is 14.4. The van der Waals surface area contributed by atoms with Crippen LogP contribution < -0.4 is 0 Å². The minimum absolute atomic E-state index is 0.192. The molecule has 0 radical (unpaired) electrons. The largest absolute Gasteiger partial charge is 0.463 e. The summed E-state index contributed by atoms with van der Waals surface area (Å²) in [6.07, 6.45) is 2.44. The number of carbonyl (C=O) groups is 3. The summed E-state index contributed by atoms with van der Waals surface area (Å²) in [7, 11) is 0. The molecule has 0 bridgehead atoms. The normalized spacial score (nSPS) is 11.8. The predicted molar refractivity (Wildman–Crippen MR) is 77.7 cm³/mol. The van der Waals surface area contributed by atoms with E-state index in [9.17, 15) is 14.4 Å².